The third-order valence-corrected chi connectivity index (χ3v) is 9.27. The molecule has 1 aromatic heterocycles. The number of carbonyl (C=O) groups is 1. The van der Waals surface area contributed by atoms with Gasteiger partial charge in [-0.25, -0.2) is 4.98 Å². The van der Waals surface area contributed by atoms with E-state index in [9.17, 15) is 9.59 Å². The van der Waals surface area contributed by atoms with Crippen LogP contribution in [0.25, 0.3) is 11.0 Å². The van der Waals surface area contributed by atoms with Crippen LogP contribution in [-0.2, 0) is 0 Å². The molecule has 2 aromatic rings. The molecule has 0 amide bonds. The van der Waals surface area contributed by atoms with E-state index in [2.05, 4.69) is 16.8 Å². The molecule has 4 fully saturated rings. The van der Waals surface area contributed by atoms with Gasteiger partial charge in [-0.3, -0.25) is 14.5 Å². The first-order valence-corrected chi connectivity index (χ1v) is 13.3. The Labute approximate surface area is 196 Å². The van der Waals surface area contributed by atoms with E-state index in [4.69, 9.17) is 0 Å². The lowest BCUT2D eigenvalue weighted by Crippen LogP contribution is -2.59. The standard InChI is InChI=1S/C28H37N3O2/c1-17-10-19-12-20(11-17)14-23(13-19)30-21-6-5-7-22(30)16-24(15-21)31-26-9-4-3-8-25(26)29-27(18(2)32)28(31)33/h3-4,8-9,17,19-24H,5-7,10-16H2,1-2H3/t17?,19-,20+,21-,22+,23?,24?. The van der Waals surface area contributed by atoms with Crippen molar-refractivity contribution in [1.29, 1.82) is 0 Å². The smallest absolute Gasteiger partial charge is 0.280 e. The second-order valence-electron chi connectivity index (χ2n) is 11.7. The summed E-state index contributed by atoms with van der Waals surface area (Å²) in [5, 5.41) is 0. The summed E-state index contributed by atoms with van der Waals surface area (Å²) < 4.78 is 1.94. The number of rotatable bonds is 3. The first-order chi connectivity index (χ1) is 16.0. The van der Waals surface area contributed by atoms with E-state index in [0.717, 1.165) is 47.7 Å². The summed E-state index contributed by atoms with van der Waals surface area (Å²) in [6, 6.07) is 9.84. The largest absolute Gasteiger partial charge is 0.302 e. The Morgan fingerprint density at radius 1 is 0.879 bits per heavy atom. The molecule has 3 heterocycles. The zero-order valence-electron chi connectivity index (χ0n) is 20.1. The molecule has 4 aliphatic rings. The highest BCUT2D eigenvalue weighted by Gasteiger charge is 2.46. The van der Waals surface area contributed by atoms with Crippen LogP contribution in [-0.4, -0.2) is 38.4 Å². The number of aromatic nitrogens is 2. The molecular weight excluding hydrogens is 410 g/mol. The summed E-state index contributed by atoms with van der Waals surface area (Å²) >= 11 is 0. The van der Waals surface area contributed by atoms with Crippen LogP contribution in [0.2, 0.25) is 0 Å². The van der Waals surface area contributed by atoms with Gasteiger partial charge in [0.15, 0.2) is 11.5 Å². The van der Waals surface area contributed by atoms with Crippen LogP contribution >= 0.6 is 0 Å². The van der Waals surface area contributed by atoms with Gasteiger partial charge in [-0.05, 0) is 87.7 Å². The maximum absolute atomic E-state index is 13.5. The van der Waals surface area contributed by atoms with Gasteiger partial charge in [0, 0.05) is 31.1 Å². The first-order valence-electron chi connectivity index (χ1n) is 13.3. The minimum atomic E-state index is -0.236. The second kappa shape index (κ2) is 8.33. The minimum absolute atomic E-state index is 0.0931. The van der Waals surface area contributed by atoms with Gasteiger partial charge in [-0.15, -0.1) is 0 Å². The molecule has 33 heavy (non-hydrogen) atoms. The number of piperidine rings is 2. The van der Waals surface area contributed by atoms with E-state index < -0.39 is 0 Å². The summed E-state index contributed by atoms with van der Waals surface area (Å²) in [6.07, 6.45) is 12.9. The number of hydrogen-bond donors (Lipinski definition) is 0. The Hall–Kier alpha value is -2.01. The Morgan fingerprint density at radius 2 is 1.55 bits per heavy atom. The molecule has 7 atom stereocenters. The number of carbonyl (C=O) groups excluding carboxylic acids is 1. The van der Waals surface area contributed by atoms with Crippen molar-refractivity contribution in [2.24, 2.45) is 17.8 Å². The average molecular weight is 448 g/mol. The third kappa shape index (κ3) is 3.77. The molecule has 2 aliphatic heterocycles. The molecule has 0 spiro atoms. The fourth-order valence-electron chi connectivity index (χ4n) is 8.33. The van der Waals surface area contributed by atoms with Crippen molar-refractivity contribution in [3.63, 3.8) is 0 Å². The van der Waals surface area contributed by atoms with Crippen LogP contribution in [0, 0.1) is 17.8 Å². The van der Waals surface area contributed by atoms with Crippen molar-refractivity contribution in [1.82, 2.24) is 14.5 Å². The predicted octanol–water partition coefficient (Wildman–Crippen LogP) is 5.37. The zero-order valence-corrected chi connectivity index (χ0v) is 20.1. The highest BCUT2D eigenvalue weighted by atomic mass is 16.1. The number of nitrogens with zero attached hydrogens (tertiary/aromatic N) is 3. The van der Waals surface area contributed by atoms with Crippen molar-refractivity contribution in [3.05, 3.63) is 40.3 Å². The Kier molecular flexibility index (Phi) is 5.44. The van der Waals surface area contributed by atoms with Gasteiger partial charge in [0.25, 0.3) is 5.56 Å². The Bertz CT molecular complexity index is 1090. The maximum Gasteiger partial charge on any atom is 0.280 e. The van der Waals surface area contributed by atoms with Crippen LogP contribution in [0.5, 0.6) is 0 Å². The second-order valence-corrected chi connectivity index (χ2v) is 11.7. The summed E-state index contributed by atoms with van der Waals surface area (Å²) in [5.41, 5.74) is 1.53. The van der Waals surface area contributed by atoms with Crippen LogP contribution < -0.4 is 5.56 Å². The Balaban J connectivity index is 1.33. The number of fused-ring (bicyclic) bond motifs is 5. The molecule has 6 rings (SSSR count). The van der Waals surface area contributed by atoms with Gasteiger partial charge in [-0.1, -0.05) is 25.5 Å². The predicted molar refractivity (Wildman–Crippen MR) is 131 cm³/mol. The summed E-state index contributed by atoms with van der Waals surface area (Å²) in [6.45, 7) is 3.91. The molecule has 0 radical (unpaired) electrons. The molecule has 1 aromatic carbocycles. The monoisotopic (exact) mass is 447 g/mol. The number of ketones is 1. The molecule has 2 aliphatic carbocycles. The van der Waals surface area contributed by atoms with Crippen molar-refractivity contribution in [2.45, 2.75) is 102 Å². The molecule has 4 bridgehead atoms. The lowest BCUT2D eigenvalue weighted by atomic mass is 9.65. The van der Waals surface area contributed by atoms with E-state index in [1.807, 2.05) is 28.8 Å². The van der Waals surface area contributed by atoms with E-state index in [1.165, 1.54) is 58.3 Å². The van der Waals surface area contributed by atoms with E-state index in [-0.39, 0.29) is 23.1 Å². The number of hydrogen-bond acceptors (Lipinski definition) is 4. The maximum atomic E-state index is 13.5. The fraction of sp³-hybridized carbons (Fsp3) is 0.679. The molecule has 2 saturated carbocycles. The summed E-state index contributed by atoms with van der Waals surface area (Å²) in [7, 11) is 0. The first kappa shape index (κ1) is 21.5. The van der Waals surface area contributed by atoms with Crippen molar-refractivity contribution >= 4 is 16.8 Å². The number of para-hydroxylation sites is 2. The van der Waals surface area contributed by atoms with Gasteiger partial charge in [0.1, 0.15) is 0 Å². The summed E-state index contributed by atoms with van der Waals surface area (Å²) in [5.74, 6) is 2.50. The fourth-order valence-corrected chi connectivity index (χ4v) is 8.33. The molecule has 3 unspecified atom stereocenters. The lowest BCUT2D eigenvalue weighted by Gasteiger charge is -2.55. The minimum Gasteiger partial charge on any atom is -0.302 e. The van der Waals surface area contributed by atoms with Gasteiger partial charge in [0.2, 0.25) is 0 Å². The normalized spacial score (nSPS) is 36.6. The van der Waals surface area contributed by atoms with E-state index >= 15 is 0 Å². The molecule has 0 N–H and O–H groups in total. The number of Topliss-reactive ketones (excluding diaryl/α,β-unsaturated/α-hetero) is 1. The molecule has 2 saturated heterocycles. The third-order valence-electron chi connectivity index (χ3n) is 9.27. The highest BCUT2D eigenvalue weighted by Crippen LogP contribution is 2.48. The molecule has 5 nitrogen and oxygen atoms in total. The van der Waals surface area contributed by atoms with Gasteiger partial charge < -0.3 is 4.57 Å². The summed E-state index contributed by atoms with van der Waals surface area (Å²) in [4.78, 5) is 33.1. The van der Waals surface area contributed by atoms with Gasteiger partial charge in [0.05, 0.1) is 11.0 Å². The van der Waals surface area contributed by atoms with Crippen LogP contribution in [0.4, 0.5) is 0 Å². The van der Waals surface area contributed by atoms with Gasteiger partial charge in [-0.2, -0.15) is 0 Å². The Morgan fingerprint density at radius 3 is 2.21 bits per heavy atom. The van der Waals surface area contributed by atoms with E-state index in [0.29, 0.717) is 12.1 Å². The van der Waals surface area contributed by atoms with Crippen molar-refractivity contribution in [3.8, 4) is 0 Å². The average Bonchev–Trinajstić information content (AvgIpc) is 2.77. The van der Waals surface area contributed by atoms with Crippen LogP contribution in [0.15, 0.2) is 29.1 Å². The highest BCUT2D eigenvalue weighted by molar-refractivity contribution is 5.93. The van der Waals surface area contributed by atoms with Crippen LogP contribution in [0.1, 0.15) is 94.6 Å². The quantitative estimate of drug-likeness (QED) is 0.594. The molecule has 5 heteroatoms. The topological polar surface area (TPSA) is 55.2 Å². The lowest BCUT2D eigenvalue weighted by molar-refractivity contribution is -0.0524. The van der Waals surface area contributed by atoms with Crippen molar-refractivity contribution in [2.75, 3.05) is 0 Å². The van der Waals surface area contributed by atoms with E-state index in [1.54, 1.807) is 0 Å². The molecule has 176 valence electrons. The number of benzene rings is 1. The van der Waals surface area contributed by atoms with Crippen molar-refractivity contribution < 1.29 is 4.79 Å². The van der Waals surface area contributed by atoms with Crippen LogP contribution in [0.3, 0.4) is 0 Å². The molecular formula is C28H37N3O2. The zero-order chi connectivity index (χ0) is 22.7. The SMILES string of the molecule is CC(=O)c1nc2ccccc2n(C2C[C@H]3CCC[C@@H](C2)N3C2C[C@H]3CC(C)C[C@@H](C2)C3)c1=O. The van der Waals surface area contributed by atoms with Gasteiger partial charge >= 0.3 is 0 Å².